The summed E-state index contributed by atoms with van der Waals surface area (Å²) >= 11 is 0. The molecular formula is C52H51N4OPt-. The summed E-state index contributed by atoms with van der Waals surface area (Å²) in [6, 6.07) is 44.2. The van der Waals surface area contributed by atoms with E-state index in [9.17, 15) is 5.11 Å². The molecule has 6 heteroatoms. The van der Waals surface area contributed by atoms with Crippen LogP contribution in [0.4, 0.5) is 0 Å². The minimum absolute atomic E-state index is 0. The molecule has 8 aromatic rings. The largest absolute Gasteiger partial charge is 0.507 e. The summed E-state index contributed by atoms with van der Waals surface area (Å²) in [5.41, 5.74) is 13.6. The van der Waals surface area contributed by atoms with Crippen molar-refractivity contribution < 1.29 is 26.2 Å². The number of pyridine rings is 2. The molecule has 0 aliphatic rings. The summed E-state index contributed by atoms with van der Waals surface area (Å²) in [5, 5.41) is 12.6. The van der Waals surface area contributed by atoms with Gasteiger partial charge in [0.05, 0.1) is 28.5 Å². The number of imidazole rings is 1. The topological polar surface area (TPSA) is 63.8 Å². The second-order valence-electron chi connectivity index (χ2n) is 18.4. The second-order valence-corrected chi connectivity index (χ2v) is 18.4. The molecule has 58 heavy (non-hydrogen) atoms. The van der Waals surface area contributed by atoms with Gasteiger partial charge in [0, 0.05) is 43.9 Å². The molecule has 0 radical (unpaired) electrons. The molecule has 0 bridgehead atoms. The minimum atomic E-state index is -0.131. The Kier molecular flexibility index (Phi) is 10.8. The molecule has 0 aliphatic heterocycles. The SMILES string of the molecule is CC(C)(C)c1ccc(O)c(-c2nc3c(-c4[c-]c(-c5cc(C(C)(C)C)cc6cccnc56)cc(Cc5ccccc5)c4)cccc3n2-c2ccc(C(C)(C)C)nc2)c1.[Pt]. The summed E-state index contributed by atoms with van der Waals surface area (Å²) in [4.78, 5) is 15.3. The molecular weight excluding hydrogens is 892 g/mol. The van der Waals surface area contributed by atoms with E-state index in [4.69, 9.17) is 15.0 Å². The smallest absolute Gasteiger partial charge is 0.148 e. The first-order chi connectivity index (χ1) is 27.0. The van der Waals surface area contributed by atoms with Crippen LogP contribution in [0.15, 0.2) is 128 Å². The molecule has 0 saturated heterocycles. The van der Waals surface area contributed by atoms with Gasteiger partial charge in [-0.05, 0) is 75.7 Å². The molecule has 296 valence electrons. The van der Waals surface area contributed by atoms with Crippen LogP contribution in [0.5, 0.6) is 5.75 Å². The third kappa shape index (κ3) is 8.02. The van der Waals surface area contributed by atoms with E-state index in [0.717, 1.165) is 67.6 Å². The first-order valence-corrected chi connectivity index (χ1v) is 19.9. The number of hydrogen-bond donors (Lipinski definition) is 1. The van der Waals surface area contributed by atoms with Crippen LogP contribution in [0, 0.1) is 6.07 Å². The molecule has 1 N–H and O–H groups in total. The Morgan fingerprint density at radius 1 is 0.586 bits per heavy atom. The molecule has 3 aromatic heterocycles. The van der Waals surface area contributed by atoms with E-state index < -0.39 is 0 Å². The average Bonchev–Trinajstić information content (AvgIpc) is 3.56. The van der Waals surface area contributed by atoms with Gasteiger partial charge >= 0.3 is 0 Å². The zero-order valence-corrected chi connectivity index (χ0v) is 37.2. The van der Waals surface area contributed by atoms with Gasteiger partial charge in [-0.2, -0.15) is 0 Å². The van der Waals surface area contributed by atoms with E-state index >= 15 is 0 Å². The van der Waals surface area contributed by atoms with Crippen LogP contribution in [-0.2, 0) is 43.7 Å². The van der Waals surface area contributed by atoms with Crippen molar-refractivity contribution in [2.75, 3.05) is 0 Å². The molecule has 5 nitrogen and oxygen atoms in total. The number of phenolic OH excluding ortho intramolecular Hbond substituents is 1. The van der Waals surface area contributed by atoms with Gasteiger partial charge in [0.2, 0.25) is 0 Å². The fourth-order valence-corrected chi connectivity index (χ4v) is 7.59. The van der Waals surface area contributed by atoms with E-state index in [1.165, 1.54) is 16.7 Å². The van der Waals surface area contributed by atoms with Gasteiger partial charge in [-0.1, -0.05) is 140 Å². The van der Waals surface area contributed by atoms with Gasteiger partial charge < -0.3 is 5.11 Å². The number of benzene rings is 5. The Labute approximate surface area is 357 Å². The Morgan fingerprint density at radius 3 is 1.97 bits per heavy atom. The quantitative estimate of drug-likeness (QED) is 0.169. The van der Waals surface area contributed by atoms with Crippen LogP contribution in [0.3, 0.4) is 0 Å². The van der Waals surface area contributed by atoms with Crippen molar-refractivity contribution in [3.05, 3.63) is 162 Å². The van der Waals surface area contributed by atoms with E-state index in [-0.39, 0.29) is 43.1 Å². The Hall–Kier alpha value is -5.38. The standard InChI is InChI=1S/C52H51N4O.Pt/c1-50(2,3)38-20-22-45(57)43(30-38)49-55-48-41(18-13-19-44(48)56(49)40-21-23-46(54-32-40)52(7,8)9)36-26-34(25-33-15-11-10-12-16-33)27-37(28-36)42-31-39(51(4,5)6)29-35-17-14-24-53-47(35)42;/h10-24,26-27,29-32,57H,25H2,1-9H3;/q-1;. The van der Waals surface area contributed by atoms with Crippen molar-refractivity contribution in [3.8, 4) is 45.1 Å². The summed E-state index contributed by atoms with van der Waals surface area (Å²) < 4.78 is 2.14. The molecule has 0 aliphatic carbocycles. The van der Waals surface area contributed by atoms with Crippen LogP contribution < -0.4 is 0 Å². The van der Waals surface area contributed by atoms with E-state index in [1.807, 2.05) is 24.5 Å². The molecule has 0 saturated carbocycles. The third-order valence-electron chi connectivity index (χ3n) is 10.9. The first-order valence-electron chi connectivity index (χ1n) is 19.9. The Morgan fingerprint density at radius 2 is 1.29 bits per heavy atom. The Bertz CT molecular complexity index is 2760. The summed E-state index contributed by atoms with van der Waals surface area (Å²) in [5.74, 6) is 0.831. The summed E-state index contributed by atoms with van der Waals surface area (Å²) in [6.07, 6.45) is 4.56. The maximum atomic E-state index is 11.5. The molecule has 0 amide bonds. The van der Waals surface area contributed by atoms with Crippen LogP contribution in [-0.4, -0.2) is 24.6 Å². The number of aromatic hydroxyl groups is 1. The van der Waals surface area contributed by atoms with Crippen molar-refractivity contribution in [2.24, 2.45) is 0 Å². The van der Waals surface area contributed by atoms with Crippen LogP contribution in [0.1, 0.15) is 90.3 Å². The molecule has 0 fully saturated rings. The number of rotatable bonds is 6. The fourth-order valence-electron chi connectivity index (χ4n) is 7.59. The van der Waals surface area contributed by atoms with Gasteiger partial charge in [-0.25, -0.2) is 4.98 Å². The molecule has 0 unspecified atom stereocenters. The normalized spacial score (nSPS) is 12.2. The molecule has 0 atom stereocenters. The number of nitrogens with zero attached hydrogens (tertiary/aromatic N) is 4. The maximum Gasteiger partial charge on any atom is 0.148 e. The number of para-hydroxylation sites is 1. The van der Waals surface area contributed by atoms with Crippen molar-refractivity contribution in [3.63, 3.8) is 0 Å². The van der Waals surface area contributed by atoms with Crippen LogP contribution >= 0.6 is 0 Å². The van der Waals surface area contributed by atoms with Crippen molar-refractivity contribution in [1.29, 1.82) is 0 Å². The van der Waals surface area contributed by atoms with Gasteiger partial charge in [0.1, 0.15) is 11.6 Å². The molecule has 5 aromatic carbocycles. The number of phenols is 1. The number of aromatic nitrogens is 4. The van der Waals surface area contributed by atoms with E-state index in [2.05, 4.69) is 170 Å². The average molecular weight is 943 g/mol. The molecule has 0 spiro atoms. The van der Waals surface area contributed by atoms with Gasteiger partial charge in [0.25, 0.3) is 0 Å². The van der Waals surface area contributed by atoms with Crippen LogP contribution in [0.2, 0.25) is 0 Å². The third-order valence-corrected chi connectivity index (χ3v) is 10.9. The summed E-state index contributed by atoms with van der Waals surface area (Å²) in [6.45, 7) is 19.8. The fraction of sp³-hybridized carbons (Fsp3) is 0.250. The zero-order chi connectivity index (χ0) is 40.3. The van der Waals surface area contributed by atoms with Crippen molar-refractivity contribution >= 4 is 21.9 Å². The van der Waals surface area contributed by atoms with Gasteiger partial charge in [0.15, 0.2) is 0 Å². The van der Waals surface area contributed by atoms with E-state index in [1.54, 1.807) is 6.07 Å². The van der Waals surface area contributed by atoms with Gasteiger partial charge in [-0.15, -0.1) is 34.9 Å². The van der Waals surface area contributed by atoms with Crippen LogP contribution in [0.25, 0.3) is 61.3 Å². The molecule has 8 rings (SSSR count). The maximum absolute atomic E-state index is 11.5. The zero-order valence-electron chi connectivity index (χ0n) is 34.9. The van der Waals surface area contributed by atoms with Gasteiger partial charge in [-0.3, -0.25) is 14.5 Å². The minimum Gasteiger partial charge on any atom is -0.507 e. The predicted molar refractivity (Wildman–Crippen MR) is 236 cm³/mol. The molecule has 3 heterocycles. The van der Waals surface area contributed by atoms with E-state index in [0.29, 0.717) is 11.4 Å². The second kappa shape index (κ2) is 15.4. The number of fused-ring (bicyclic) bond motifs is 2. The predicted octanol–water partition coefficient (Wildman–Crippen LogP) is 13.0. The Balaban J connectivity index is 0.00000512. The van der Waals surface area contributed by atoms with Crippen molar-refractivity contribution in [2.45, 2.75) is 85.0 Å². The monoisotopic (exact) mass is 942 g/mol. The summed E-state index contributed by atoms with van der Waals surface area (Å²) in [7, 11) is 0. The van der Waals surface area contributed by atoms with Crippen molar-refractivity contribution in [1.82, 2.24) is 19.5 Å². The first kappa shape index (κ1) is 40.8. The number of hydrogen-bond acceptors (Lipinski definition) is 4.